The Morgan fingerprint density at radius 3 is 2.25 bits per heavy atom. The third-order valence-electron chi connectivity index (χ3n) is 5.15. The van der Waals surface area contributed by atoms with Crippen molar-refractivity contribution in [3.63, 3.8) is 0 Å². The van der Waals surface area contributed by atoms with Crippen molar-refractivity contribution in [3.8, 4) is 16.8 Å². The number of hydrogen-bond donors (Lipinski definition) is 0. The molecule has 0 saturated carbocycles. The van der Waals surface area contributed by atoms with Gasteiger partial charge in [-0.15, -0.1) is 0 Å². The Kier molecular flexibility index (Phi) is 6.30. The van der Waals surface area contributed by atoms with Gasteiger partial charge in [0.05, 0.1) is 23.6 Å². The molecule has 0 N–H and O–H groups in total. The molecule has 28 heavy (non-hydrogen) atoms. The average Bonchev–Trinajstić information content (AvgIpc) is 3.15. The van der Waals surface area contributed by atoms with E-state index in [1.54, 1.807) is 0 Å². The molecule has 0 aliphatic heterocycles. The van der Waals surface area contributed by atoms with Crippen LogP contribution in [0.15, 0.2) is 54.7 Å². The van der Waals surface area contributed by atoms with Gasteiger partial charge in [-0.3, -0.25) is 0 Å². The van der Waals surface area contributed by atoms with Crippen LogP contribution in [0.25, 0.3) is 16.8 Å². The Hall–Kier alpha value is -2.88. The van der Waals surface area contributed by atoms with Crippen LogP contribution in [0.3, 0.4) is 0 Å². The molecule has 0 amide bonds. The average molecular weight is 377 g/mol. The maximum absolute atomic E-state index is 11.9. The topological polar surface area (TPSA) is 44.1 Å². The highest BCUT2D eigenvalue weighted by Gasteiger charge is 2.15. The van der Waals surface area contributed by atoms with Crippen LogP contribution in [0.2, 0.25) is 0 Å². The minimum Gasteiger partial charge on any atom is -0.462 e. The standard InChI is InChI=1S/C24H28N2O2/c1-5-18(6-2)22-13-12-21(16-23(22)26-15-14-17(4)25-26)19-8-10-20(11-9-19)24(27)28-7-3/h8-16,18H,5-7H2,1-4H3. The maximum atomic E-state index is 11.9. The first-order valence-corrected chi connectivity index (χ1v) is 10.0. The van der Waals surface area contributed by atoms with Gasteiger partial charge in [0.1, 0.15) is 0 Å². The maximum Gasteiger partial charge on any atom is 0.338 e. The number of rotatable bonds is 7. The molecule has 0 radical (unpaired) electrons. The lowest BCUT2D eigenvalue weighted by molar-refractivity contribution is 0.0526. The monoisotopic (exact) mass is 376 g/mol. The van der Waals surface area contributed by atoms with Gasteiger partial charge in [0, 0.05) is 6.20 Å². The van der Waals surface area contributed by atoms with Crippen molar-refractivity contribution >= 4 is 5.97 Å². The van der Waals surface area contributed by atoms with E-state index in [9.17, 15) is 4.79 Å². The van der Waals surface area contributed by atoms with E-state index >= 15 is 0 Å². The molecule has 1 heterocycles. The number of carbonyl (C=O) groups is 1. The highest BCUT2D eigenvalue weighted by molar-refractivity contribution is 5.90. The minimum absolute atomic E-state index is 0.286. The molecule has 0 aliphatic carbocycles. The fraction of sp³-hybridized carbons (Fsp3) is 0.333. The van der Waals surface area contributed by atoms with Crippen molar-refractivity contribution in [2.24, 2.45) is 0 Å². The summed E-state index contributed by atoms with van der Waals surface area (Å²) in [5.74, 6) is 0.214. The summed E-state index contributed by atoms with van der Waals surface area (Å²) in [6.07, 6.45) is 4.21. The first kappa shape index (κ1) is 19.9. The Morgan fingerprint density at radius 2 is 1.68 bits per heavy atom. The fourth-order valence-electron chi connectivity index (χ4n) is 3.56. The predicted molar refractivity (Wildman–Crippen MR) is 113 cm³/mol. The molecule has 0 unspecified atom stereocenters. The second kappa shape index (κ2) is 8.87. The van der Waals surface area contributed by atoms with Crippen LogP contribution in [0.4, 0.5) is 0 Å². The number of ether oxygens (including phenoxy) is 1. The van der Waals surface area contributed by atoms with Crippen LogP contribution in [-0.2, 0) is 4.74 Å². The molecule has 0 saturated heterocycles. The van der Waals surface area contributed by atoms with Crippen molar-refractivity contribution in [2.45, 2.75) is 46.5 Å². The molecular formula is C24H28N2O2. The lowest BCUT2D eigenvalue weighted by atomic mass is 9.90. The number of hydrogen-bond acceptors (Lipinski definition) is 3. The molecule has 2 aromatic carbocycles. The van der Waals surface area contributed by atoms with Crippen LogP contribution in [0.5, 0.6) is 0 Å². The normalized spacial score (nSPS) is 11.0. The molecule has 146 valence electrons. The van der Waals surface area contributed by atoms with Crippen molar-refractivity contribution in [2.75, 3.05) is 6.61 Å². The Labute approximate surface area is 167 Å². The van der Waals surface area contributed by atoms with Crippen LogP contribution in [0.1, 0.15) is 61.1 Å². The van der Waals surface area contributed by atoms with Gasteiger partial charge in [0.15, 0.2) is 0 Å². The van der Waals surface area contributed by atoms with Crippen LogP contribution in [0, 0.1) is 6.92 Å². The number of nitrogens with zero attached hydrogens (tertiary/aromatic N) is 2. The van der Waals surface area contributed by atoms with Crippen molar-refractivity contribution < 1.29 is 9.53 Å². The number of benzene rings is 2. The lowest BCUT2D eigenvalue weighted by Crippen LogP contribution is -2.06. The summed E-state index contributed by atoms with van der Waals surface area (Å²) >= 11 is 0. The second-order valence-electron chi connectivity index (χ2n) is 6.99. The number of aromatic nitrogens is 2. The van der Waals surface area contributed by atoms with Crippen LogP contribution in [-0.4, -0.2) is 22.4 Å². The Bertz CT molecular complexity index is 937. The number of aryl methyl sites for hydroxylation is 1. The Balaban J connectivity index is 2.02. The van der Waals surface area contributed by atoms with Gasteiger partial charge >= 0.3 is 5.97 Å². The smallest absolute Gasteiger partial charge is 0.338 e. The molecule has 4 heteroatoms. The summed E-state index contributed by atoms with van der Waals surface area (Å²) in [4.78, 5) is 11.9. The van der Waals surface area contributed by atoms with Gasteiger partial charge in [-0.1, -0.05) is 38.1 Å². The van der Waals surface area contributed by atoms with Gasteiger partial charge in [-0.05, 0) is 73.6 Å². The highest BCUT2D eigenvalue weighted by atomic mass is 16.5. The zero-order valence-corrected chi connectivity index (χ0v) is 17.1. The zero-order valence-electron chi connectivity index (χ0n) is 17.1. The summed E-state index contributed by atoms with van der Waals surface area (Å²) in [6.45, 7) is 8.66. The first-order valence-electron chi connectivity index (χ1n) is 10.0. The summed E-state index contributed by atoms with van der Waals surface area (Å²) in [6, 6.07) is 16.2. The third kappa shape index (κ3) is 4.16. The Morgan fingerprint density at radius 1 is 1.00 bits per heavy atom. The molecule has 1 aromatic heterocycles. The second-order valence-corrected chi connectivity index (χ2v) is 6.99. The lowest BCUT2D eigenvalue weighted by Gasteiger charge is -2.19. The number of esters is 1. The van der Waals surface area contributed by atoms with Gasteiger partial charge in [-0.25, -0.2) is 9.48 Å². The third-order valence-corrected chi connectivity index (χ3v) is 5.15. The molecule has 0 spiro atoms. The van der Waals surface area contributed by atoms with E-state index in [0.717, 1.165) is 35.3 Å². The van der Waals surface area contributed by atoms with E-state index in [2.05, 4.69) is 37.1 Å². The first-order chi connectivity index (χ1) is 13.6. The van der Waals surface area contributed by atoms with Crippen molar-refractivity contribution in [1.29, 1.82) is 0 Å². The van der Waals surface area contributed by atoms with Crippen molar-refractivity contribution in [3.05, 3.63) is 71.5 Å². The van der Waals surface area contributed by atoms with E-state index in [1.807, 2.05) is 55.1 Å². The molecule has 0 fully saturated rings. The molecular weight excluding hydrogens is 348 g/mol. The highest BCUT2D eigenvalue weighted by Crippen LogP contribution is 2.32. The largest absolute Gasteiger partial charge is 0.462 e. The van der Waals surface area contributed by atoms with E-state index in [0.29, 0.717) is 18.1 Å². The van der Waals surface area contributed by atoms with Gasteiger partial charge in [0.25, 0.3) is 0 Å². The van der Waals surface area contributed by atoms with Crippen LogP contribution >= 0.6 is 0 Å². The van der Waals surface area contributed by atoms with Gasteiger partial charge < -0.3 is 4.74 Å². The molecule has 0 bridgehead atoms. The minimum atomic E-state index is -0.286. The predicted octanol–water partition coefficient (Wildman–Crippen LogP) is 5.93. The van der Waals surface area contributed by atoms with Crippen molar-refractivity contribution in [1.82, 2.24) is 9.78 Å². The molecule has 3 rings (SSSR count). The zero-order chi connectivity index (χ0) is 20.1. The molecule has 3 aromatic rings. The van der Waals surface area contributed by atoms with E-state index < -0.39 is 0 Å². The molecule has 4 nitrogen and oxygen atoms in total. The molecule has 0 aliphatic rings. The van der Waals surface area contributed by atoms with Gasteiger partial charge in [0.2, 0.25) is 0 Å². The molecule has 0 atom stereocenters. The van der Waals surface area contributed by atoms with Gasteiger partial charge in [-0.2, -0.15) is 5.10 Å². The van der Waals surface area contributed by atoms with E-state index in [4.69, 9.17) is 4.74 Å². The summed E-state index contributed by atoms with van der Waals surface area (Å²) < 4.78 is 7.04. The van der Waals surface area contributed by atoms with Crippen LogP contribution < -0.4 is 0 Å². The van der Waals surface area contributed by atoms with E-state index in [-0.39, 0.29) is 5.97 Å². The summed E-state index contributed by atoms with van der Waals surface area (Å²) in [7, 11) is 0. The summed E-state index contributed by atoms with van der Waals surface area (Å²) in [5, 5.41) is 4.64. The quantitative estimate of drug-likeness (QED) is 0.480. The number of carbonyl (C=O) groups excluding carboxylic acids is 1. The fourth-order valence-corrected chi connectivity index (χ4v) is 3.56. The SMILES string of the molecule is CCOC(=O)c1ccc(-c2ccc(C(CC)CC)c(-n3ccc(C)n3)c2)cc1. The van der Waals surface area contributed by atoms with E-state index in [1.165, 1.54) is 5.56 Å². The summed E-state index contributed by atoms with van der Waals surface area (Å²) in [5.41, 5.74) is 6.18.